The third kappa shape index (κ3) is 2.70. The largest absolute Gasteiger partial charge is 0.378 e. The quantitative estimate of drug-likeness (QED) is 0.859. The molecule has 6 nitrogen and oxygen atoms in total. The molecule has 0 radical (unpaired) electrons. The number of hydrogen-bond donors (Lipinski definition) is 1. The minimum absolute atomic E-state index is 0.140. The first kappa shape index (κ1) is 12.8. The fourth-order valence-corrected chi connectivity index (χ4v) is 2.89. The van der Waals surface area contributed by atoms with Gasteiger partial charge in [0.25, 0.3) is 5.56 Å². The molecule has 0 amide bonds. The number of morpholine rings is 1. The molecule has 1 aromatic rings. The third-order valence-corrected chi connectivity index (χ3v) is 3.80. The van der Waals surface area contributed by atoms with Gasteiger partial charge in [0.1, 0.15) is 11.9 Å². The number of nitrogens with one attached hydrogen (secondary N) is 1. The summed E-state index contributed by atoms with van der Waals surface area (Å²) < 4.78 is 10.9. The molecule has 0 spiro atoms. The molecular weight excluding hydrogens is 246 g/mol. The van der Waals surface area contributed by atoms with Crippen molar-refractivity contribution in [3.05, 3.63) is 27.9 Å². The van der Waals surface area contributed by atoms with Crippen LogP contribution in [0.1, 0.15) is 30.5 Å². The van der Waals surface area contributed by atoms with Gasteiger partial charge in [-0.15, -0.1) is 0 Å². The third-order valence-electron chi connectivity index (χ3n) is 3.80. The summed E-state index contributed by atoms with van der Waals surface area (Å²) in [7, 11) is 1.59. The van der Waals surface area contributed by atoms with Crippen LogP contribution in [0.4, 0.5) is 0 Å². The molecule has 6 heteroatoms. The van der Waals surface area contributed by atoms with Gasteiger partial charge in [-0.05, 0) is 19.4 Å². The number of H-pyrrole nitrogens is 1. The molecule has 2 atom stereocenters. The highest BCUT2D eigenvalue weighted by Gasteiger charge is 2.33. The van der Waals surface area contributed by atoms with Crippen molar-refractivity contribution in [3.63, 3.8) is 0 Å². The molecule has 2 unspecified atom stereocenters. The maximum atomic E-state index is 11.6. The smallest absolute Gasteiger partial charge is 0.251 e. The van der Waals surface area contributed by atoms with Crippen LogP contribution in [-0.2, 0) is 16.1 Å². The number of fused-ring (bicyclic) bond motifs is 1. The fraction of sp³-hybridized carbons (Fsp3) is 0.692. The van der Waals surface area contributed by atoms with E-state index >= 15 is 0 Å². The van der Waals surface area contributed by atoms with Gasteiger partial charge in [-0.1, -0.05) is 0 Å². The molecule has 2 aliphatic rings. The highest BCUT2D eigenvalue weighted by atomic mass is 16.5. The van der Waals surface area contributed by atoms with Crippen molar-refractivity contribution in [1.82, 2.24) is 14.9 Å². The average Bonchev–Trinajstić information content (AvgIpc) is 2.85. The minimum atomic E-state index is -0.149. The summed E-state index contributed by atoms with van der Waals surface area (Å²) in [6.45, 7) is 3.00. The Labute approximate surface area is 111 Å². The molecule has 1 N–H and O–H groups in total. The van der Waals surface area contributed by atoms with Crippen molar-refractivity contribution in [3.8, 4) is 0 Å². The first-order chi connectivity index (χ1) is 9.26. The van der Waals surface area contributed by atoms with E-state index in [9.17, 15) is 4.79 Å². The van der Waals surface area contributed by atoms with E-state index in [1.54, 1.807) is 7.11 Å². The van der Waals surface area contributed by atoms with Gasteiger partial charge >= 0.3 is 0 Å². The van der Waals surface area contributed by atoms with E-state index in [0.717, 1.165) is 19.7 Å². The van der Waals surface area contributed by atoms with Crippen LogP contribution in [-0.4, -0.2) is 47.7 Å². The molecule has 19 heavy (non-hydrogen) atoms. The summed E-state index contributed by atoms with van der Waals surface area (Å²) in [5.41, 5.74) is 0.498. The Morgan fingerprint density at radius 1 is 1.63 bits per heavy atom. The van der Waals surface area contributed by atoms with Gasteiger partial charge in [0.05, 0.1) is 18.9 Å². The van der Waals surface area contributed by atoms with Gasteiger partial charge < -0.3 is 14.5 Å². The number of methoxy groups -OCH3 is 1. The number of hydrogen-bond acceptors (Lipinski definition) is 5. The van der Waals surface area contributed by atoms with Gasteiger partial charge in [-0.2, -0.15) is 0 Å². The molecule has 104 valence electrons. The van der Waals surface area contributed by atoms with E-state index in [2.05, 4.69) is 14.9 Å². The lowest BCUT2D eigenvalue weighted by molar-refractivity contribution is -0.0544. The van der Waals surface area contributed by atoms with Crippen LogP contribution in [0.15, 0.2) is 10.9 Å². The Kier molecular flexibility index (Phi) is 3.63. The highest BCUT2D eigenvalue weighted by Crippen LogP contribution is 2.28. The number of aromatic amines is 1. The van der Waals surface area contributed by atoms with E-state index in [-0.39, 0.29) is 11.7 Å². The van der Waals surface area contributed by atoms with Gasteiger partial charge in [0.15, 0.2) is 0 Å². The van der Waals surface area contributed by atoms with Crippen molar-refractivity contribution >= 4 is 0 Å². The monoisotopic (exact) mass is 265 g/mol. The van der Waals surface area contributed by atoms with E-state index < -0.39 is 0 Å². The van der Waals surface area contributed by atoms with Crippen molar-refractivity contribution in [2.24, 2.45) is 0 Å². The zero-order valence-electron chi connectivity index (χ0n) is 11.1. The maximum Gasteiger partial charge on any atom is 0.251 e. The van der Waals surface area contributed by atoms with Crippen LogP contribution in [0.25, 0.3) is 0 Å². The Hall–Kier alpha value is -1.24. The minimum Gasteiger partial charge on any atom is -0.378 e. The summed E-state index contributed by atoms with van der Waals surface area (Å²) in [5.74, 6) is 0.616. The molecule has 2 aliphatic heterocycles. The van der Waals surface area contributed by atoms with Gasteiger partial charge in [0.2, 0.25) is 0 Å². The Balaban J connectivity index is 1.79. The second-order valence-corrected chi connectivity index (χ2v) is 5.17. The molecule has 2 saturated heterocycles. The molecular formula is C13H19N3O3. The second-order valence-electron chi connectivity index (χ2n) is 5.17. The first-order valence-electron chi connectivity index (χ1n) is 6.71. The van der Waals surface area contributed by atoms with E-state index in [1.165, 1.54) is 18.9 Å². The first-order valence-corrected chi connectivity index (χ1v) is 6.71. The van der Waals surface area contributed by atoms with Crippen LogP contribution in [0.5, 0.6) is 0 Å². The lowest BCUT2D eigenvalue weighted by Gasteiger charge is -2.34. The van der Waals surface area contributed by atoms with Gasteiger partial charge in [0, 0.05) is 25.8 Å². The highest BCUT2D eigenvalue weighted by molar-refractivity contribution is 5.05. The molecule has 0 aliphatic carbocycles. The normalized spacial score (nSPS) is 27.4. The maximum absolute atomic E-state index is 11.6. The number of ether oxygens (including phenoxy) is 2. The predicted octanol–water partition coefficient (Wildman–Crippen LogP) is 0.452. The zero-order chi connectivity index (χ0) is 13.2. The molecule has 3 heterocycles. The fourth-order valence-electron chi connectivity index (χ4n) is 2.89. The second kappa shape index (κ2) is 5.40. The predicted molar refractivity (Wildman–Crippen MR) is 68.9 cm³/mol. The summed E-state index contributed by atoms with van der Waals surface area (Å²) in [6, 6.07) is 2.01. The van der Waals surface area contributed by atoms with Crippen LogP contribution < -0.4 is 5.56 Å². The van der Waals surface area contributed by atoms with Crippen molar-refractivity contribution < 1.29 is 9.47 Å². The summed E-state index contributed by atoms with van der Waals surface area (Å²) in [4.78, 5) is 21.3. The Morgan fingerprint density at radius 2 is 2.53 bits per heavy atom. The van der Waals surface area contributed by atoms with Crippen LogP contribution in [0.2, 0.25) is 0 Å². The number of rotatable bonds is 3. The molecule has 0 aromatic carbocycles. The molecule has 1 aromatic heterocycles. The van der Waals surface area contributed by atoms with E-state index in [0.29, 0.717) is 24.2 Å². The van der Waals surface area contributed by atoms with Crippen molar-refractivity contribution in [2.45, 2.75) is 31.6 Å². The molecule has 2 fully saturated rings. The SMILES string of the molecule is COCc1cc(=O)[nH]c(C2CN3CCCC3CO2)n1. The van der Waals surface area contributed by atoms with Gasteiger partial charge in [-0.25, -0.2) is 4.98 Å². The summed E-state index contributed by atoms with van der Waals surface area (Å²) >= 11 is 0. The van der Waals surface area contributed by atoms with E-state index in [1.807, 2.05) is 0 Å². The topological polar surface area (TPSA) is 67.5 Å². The molecule has 0 saturated carbocycles. The summed E-state index contributed by atoms with van der Waals surface area (Å²) in [6.07, 6.45) is 2.30. The van der Waals surface area contributed by atoms with Crippen LogP contribution >= 0.6 is 0 Å². The Morgan fingerprint density at radius 3 is 3.37 bits per heavy atom. The standard InChI is InChI=1S/C13H19N3O3/c1-18-7-9-5-12(17)15-13(14-9)11-6-16-4-2-3-10(16)8-19-11/h5,10-11H,2-4,6-8H2,1H3,(H,14,15,17). The van der Waals surface area contributed by atoms with Crippen LogP contribution in [0, 0.1) is 0 Å². The number of nitrogens with zero attached hydrogens (tertiary/aromatic N) is 2. The number of aromatic nitrogens is 2. The van der Waals surface area contributed by atoms with Crippen LogP contribution in [0.3, 0.4) is 0 Å². The summed E-state index contributed by atoms with van der Waals surface area (Å²) in [5, 5.41) is 0. The van der Waals surface area contributed by atoms with Gasteiger partial charge in [-0.3, -0.25) is 9.69 Å². The zero-order valence-corrected chi connectivity index (χ0v) is 11.1. The van der Waals surface area contributed by atoms with E-state index in [4.69, 9.17) is 9.47 Å². The van der Waals surface area contributed by atoms with Crippen molar-refractivity contribution in [1.29, 1.82) is 0 Å². The Bertz CT molecular complexity index is 502. The average molecular weight is 265 g/mol. The lowest BCUT2D eigenvalue weighted by Crippen LogP contribution is -2.43. The molecule has 3 rings (SSSR count). The lowest BCUT2D eigenvalue weighted by atomic mass is 10.2. The van der Waals surface area contributed by atoms with Crippen molar-refractivity contribution in [2.75, 3.05) is 26.8 Å². The molecule has 0 bridgehead atoms.